The lowest BCUT2D eigenvalue weighted by atomic mass is 9.97. The number of amides is 2. The topological polar surface area (TPSA) is 103 Å². The number of rotatable bonds is 9. The maximum atomic E-state index is 13.0. The molecule has 9 heteroatoms. The monoisotopic (exact) mass is 578 g/mol. The van der Waals surface area contributed by atoms with Crippen LogP contribution in [0.25, 0.3) is 0 Å². The maximum Gasteiger partial charge on any atom is 0.273 e. The highest BCUT2D eigenvalue weighted by Gasteiger charge is 2.19. The third kappa shape index (κ3) is 7.50. The summed E-state index contributed by atoms with van der Waals surface area (Å²) in [6.45, 7) is 3.00. The number of carbonyl (C=O) groups is 2. The minimum absolute atomic E-state index is 0.260. The van der Waals surface area contributed by atoms with Crippen molar-refractivity contribution >= 4 is 39.6 Å². The molecule has 4 rings (SSSR count). The Bertz CT molecular complexity index is 1290. The second kappa shape index (κ2) is 13.3. The van der Waals surface area contributed by atoms with Gasteiger partial charge in [0.05, 0.1) is 24.6 Å². The van der Waals surface area contributed by atoms with Crippen molar-refractivity contribution in [2.45, 2.75) is 19.4 Å². The number of anilines is 1. The van der Waals surface area contributed by atoms with Crippen LogP contribution < -0.4 is 15.5 Å². The molecule has 1 aliphatic rings. The molecule has 8 nitrogen and oxygen atoms in total. The number of nitrogens with one attached hydrogen (secondary N) is 2. The van der Waals surface area contributed by atoms with E-state index in [1.807, 2.05) is 30.3 Å². The molecule has 0 aromatic heterocycles. The molecular formula is C29H31BrN4O4. The van der Waals surface area contributed by atoms with E-state index >= 15 is 0 Å². The van der Waals surface area contributed by atoms with Crippen molar-refractivity contribution in [1.82, 2.24) is 10.3 Å². The van der Waals surface area contributed by atoms with E-state index in [-0.39, 0.29) is 18.1 Å². The minimum Gasteiger partial charge on any atom is -0.497 e. The van der Waals surface area contributed by atoms with Gasteiger partial charge in [-0.3, -0.25) is 14.5 Å². The highest BCUT2D eigenvalue weighted by Crippen LogP contribution is 2.23. The first-order valence-electron chi connectivity index (χ1n) is 12.5. The molecule has 0 saturated carbocycles. The molecule has 1 aliphatic heterocycles. The number of benzene rings is 3. The summed E-state index contributed by atoms with van der Waals surface area (Å²) < 4.78 is 5.90. The Kier molecular flexibility index (Phi) is 9.64. The van der Waals surface area contributed by atoms with Crippen molar-refractivity contribution in [2.24, 2.45) is 11.0 Å². The normalized spacial score (nSPS) is 14.4. The number of carbonyl (C=O) groups excluding carboxylic acids is 2. The smallest absolute Gasteiger partial charge is 0.273 e. The fourth-order valence-corrected chi connectivity index (χ4v) is 4.66. The van der Waals surface area contributed by atoms with Crippen molar-refractivity contribution in [3.8, 4) is 5.75 Å². The van der Waals surface area contributed by atoms with E-state index in [1.165, 1.54) is 6.21 Å². The molecule has 0 atom stereocenters. The van der Waals surface area contributed by atoms with Gasteiger partial charge in [0, 0.05) is 23.2 Å². The molecule has 0 spiro atoms. The highest BCUT2D eigenvalue weighted by molar-refractivity contribution is 9.10. The summed E-state index contributed by atoms with van der Waals surface area (Å²) in [4.78, 5) is 28.2. The van der Waals surface area contributed by atoms with E-state index in [2.05, 4.69) is 36.7 Å². The van der Waals surface area contributed by atoms with Crippen LogP contribution in [0.3, 0.4) is 0 Å². The van der Waals surface area contributed by atoms with E-state index in [0.717, 1.165) is 43.6 Å². The molecular weight excluding hydrogens is 548 g/mol. The standard InChI is InChI=1S/C29H31BrN4O4/c1-38-25-4-2-3-22(15-25)17-31-33-29(37)26-16-24(30)9-10-27(26)32-28(36)23-7-5-20(6-8-23)18-34-13-11-21(19-35)12-14-34/h2-10,15-17,21,35H,11-14,18-19H2,1H3,(H,32,36)(H,33,37)/b31-17+. The lowest BCUT2D eigenvalue weighted by Gasteiger charge is -2.31. The number of methoxy groups -OCH3 is 1. The zero-order chi connectivity index (χ0) is 26.9. The second-order valence-electron chi connectivity index (χ2n) is 9.22. The number of likely N-dealkylation sites (tertiary alicyclic amines) is 1. The van der Waals surface area contributed by atoms with Gasteiger partial charge in [0.25, 0.3) is 11.8 Å². The number of hydrazone groups is 1. The summed E-state index contributed by atoms with van der Waals surface area (Å²) in [5.74, 6) is 0.327. The molecule has 3 aromatic rings. The van der Waals surface area contributed by atoms with E-state index in [9.17, 15) is 14.7 Å². The van der Waals surface area contributed by atoms with Crippen LogP contribution in [0.15, 0.2) is 76.3 Å². The lowest BCUT2D eigenvalue weighted by molar-refractivity contribution is 0.0956. The summed E-state index contributed by atoms with van der Waals surface area (Å²) >= 11 is 3.39. The molecule has 2 amide bonds. The van der Waals surface area contributed by atoms with Crippen LogP contribution in [-0.2, 0) is 6.54 Å². The van der Waals surface area contributed by atoms with Gasteiger partial charge in [0.1, 0.15) is 5.75 Å². The van der Waals surface area contributed by atoms with Gasteiger partial charge in [-0.25, -0.2) is 5.43 Å². The number of nitrogens with zero attached hydrogens (tertiary/aromatic N) is 2. The SMILES string of the molecule is COc1cccc(/C=N/NC(=O)c2cc(Br)ccc2NC(=O)c2ccc(CN3CCC(CO)CC3)cc2)c1. The van der Waals surface area contributed by atoms with Gasteiger partial charge in [-0.15, -0.1) is 0 Å². The van der Waals surface area contributed by atoms with Crippen LogP contribution in [0.4, 0.5) is 5.69 Å². The van der Waals surface area contributed by atoms with Crippen LogP contribution in [0.1, 0.15) is 44.7 Å². The summed E-state index contributed by atoms with van der Waals surface area (Å²) in [6.07, 6.45) is 3.53. The van der Waals surface area contributed by atoms with Gasteiger partial charge in [-0.2, -0.15) is 5.10 Å². The predicted octanol–water partition coefficient (Wildman–Crippen LogP) is 4.68. The van der Waals surface area contributed by atoms with Crippen LogP contribution in [0.2, 0.25) is 0 Å². The Morgan fingerprint density at radius 3 is 2.55 bits per heavy atom. The van der Waals surface area contributed by atoms with Gasteiger partial charge in [-0.1, -0.05) is 40.2 Å². The highest BCUT2D eigenvalue weighted by atomic mass is 79.9. The molecule has 0 radical (unpaired) electrons. The Hall–Kier alpha value is -3.53. The van der Waals surface area contributed by atoms with Gasteiger partial charge in [0.15, 0.2) is 0 Å². The van der Waals surface area contributed by atoms with Crippen LogP contribution in [-0.4, -0.2) is 54.8 Å². The molecule has 1 saturated heterocycles. The van der Waals surface area contributed by atoms with Crippen LogP contribution >= 0.6 is 15.9 Å². The quantitative estimate of drug-likeness (QED) is 0.253. The summed E-state index contributed by atoms with van der Waals surface area (Å²) in [5.41, 5.74) is 5.57. The van der Waals surface area contributed by atoms with E-state index in [0.29, 0.717) is 27.4 Å². The first kappa shape index (κ1) is 27.5. The minimum atomic E-state index is -0.457. The Labute approximate surface area is 230 Å². The molecule has 3 N–H and O–H groups in total. The van der Waals surface area contributed by atoms with Crippen molar-refractivity contribution in [3.05, 3.63) is 93.5 Å². The number of halogens is 1. The van der Waals surface area contributed by atoms with Gasteiger partial charge >= 0.3 is 0 Å². The molecule has 0 bridgehead atoms. The Morgan fingerprint density at radius 2 is 1.84 bits per heavy atom. The maximum absolute atomic E-state index is 13.0. The molecule has 0 unspecified atom stereocenters. The largest absolute Gasteiger partial charge is 0.497 e. The molecule has 1 fully saturated rings. The lowest BCUT2D eigenvalue weighted by Crippen LogP contribution is -2.34. The van der Waals surface area contributed by atoms with Crippen molar-refractivity contribution in [1.29, 1.82) is 0 Å². The second-order valence-corrected chi connectivity index (χ2v) is 10.1. The summed E-state index contributed by atoms with van der Waals surface area (Å²) in [7, 11) is 1.58. The molecule has 1 heterocycles. The number of hydrogen-bond donors (Lipinski definition) is 3. The first-order valence-corrected chi connectivity index (χ1v) is 13.2. The van der Waals surface area contributed by atoms with Gasteiger partial charge in [0.2, 0.25) is 0 Å². The number of piperidine rings is 1. The fourth-order valence-electron chi connectivity index (χ4n) is 4.30. The fraction of sp³-hybridized carbons (Fsp3) is 0.276. The van der Waals surface area contributed by atoms with E-state index < -0.39 is 5.91 Å². The van der Waals surface area contributed by atoms with Gasteiger partial charge in [-0.05, 0) is 85.4 Å². The summed E-state index contributed by atoms with van der Waals surface area (Å²) in [5, 5.41) is 16.2. The molecule has 0 aliphatic carbocycles. The third-order valence-electron chi connectivity index (χ3n) is 6.54. The number of aliphatic hydroxyl groups excluding tert-OH is 1. The molecule has 3 aromatic carbocycles. The number of aliphatic hydroxyl groups is 1. The molecule has 198 valence electrons. The van der Waals surface area contributed by atoms with Crippen molar-refractivity contribution in [2.75, 3.05) is 32.1 Å². The Balaban J connectivity index is 1.38. The summed E-state index contributed by atoms with van der Waals surface area (Å²) in [6, 6.07) is 19.9. The average molecular weight is 579 g/mol. The van der Waals surface area contributed by atoms with Crippen molar-refractivity contribution < 1.29 is 19.4 Å². The first-order chi connectivity index (χ1) is 18.4. The zero-order valence-corrected chi connectivity index (χ0v) is 22.8. The van der Waals surface area contributed by atoms with Crippen LogP contribution in [0.5, 0.6) is 5.75 Å². The third-order valence-corrected chi connectivity index (χ3v) is 7.03. The Morgan fingerprint density at radius 1 is 1.08 bits per heavy atom. The van der Waals surface area contributed by atoms with E-state index in [1.54, 1.807) is 43.5 Å². The zero-order valence-electron chi connectivity index (χ0n) is 21.2. The number of ether oxygens (including phenoxy) is 1. The van der Waals surface area contributed by atoms with Crippen LogP contribution in [0, 0.1) is 5.92 Å². The number of hydrogen-bond acceptors (Lipinski definition) is 6. The predicted molar refractivity (Wildman–Crippen MR) is 152 cm³/mol. The van der Waals surface area contributed by atoms with E-state index in [4.69, 9.17) is 4.74 Å². The van der Waals surface area contributed by atoms with Gasteiger partial charge < -0.3 is 15.2 Å². The van der Waals surface area contributed by atoms with Crippen molar-refractivity contribution in [3.63, 3.8) is 0 Å². The average Bonchev–Trinajstić information content (AvgIpc) is 2.94. The molecule has 38 heavy (non-hydrogen) atoms.